The number of nitrogens with zero attached hydrogens (tertiary/aromatic N) is 1. The Hall–Kier alpha value is -0.330. The smallest absolute Gasteiger partial charge is 0.130 e. The molecule has 0 radical (unpaired) electrons. The minimum atomic E-state index is 0.736. The molecule has 0 aliphatic carbocycles. The Labute approximate surface area is 127 Å². The average molecular weight is 423 g/mol. The van der Waals surface area contributed by atoms with Crippen LogP contribution in [-0.2, 0) is 0 Å². The van der Waals surface area contributed by atoms with Crippen LogP contribution in [0, 0.1) is 10.5 Å². The third-order valence-electron chi connectivity index (χ3n) is 2.24. The van der Waals surface area contributed by atoms with Gasteiger partial charge in [-0.05, 0) is 75.3 Å². The molecule has 0 amide bonds. The number of benzene rings is 1. The van der Waals surface area contributed by atoms with Crippen LogP contribution in [0.3, 0.4) is 0 Å². The van der Waals surface area contributed by atoms with Crippen molar-refractivity contribution in [2.24, 2.45) is 0 Å². The van der Waals surface area contributed by atoms with Crippen molar-refractivity contribution in [3.05, 3.63) is 49.1 Å². The number of halogens is 3. The van der Waals surface area contributed by atoms with E-state index in [0.29, 0.717) is 0 Å². The highest BCUT2D eigenvalue weighted by Crippen LogP contribution is 2.26. The maximum Gasteiger partial charge on any atom is 0.130 e. The maximum absolute atomic E-state index is 5.91. The Kier molecular flexibility index (Phi) is 4.27. The van der Waals surface area contributed by atoms with Gasteiger partial charge in [0.1, 0.15) is 5.82 Å². The lowest BCUT2D eigenvalue weighted by Gasteiger charge is -2.09. The number of hydrogen-bond donors (Lipinski definition) is 1. The molecule has 0 atom stereocenters. The lowest BCUT2D eigenvalue weighted by Crippen LogP contribution is -1.96. The molecular formula is C12H9BrClIN2. The van der Waals surface area contributed by atoms with Gasteiger partial charge in [-0.2, -0.15) is 0 Å². The van der Waals surface area contributed by atoms with Crippen LogP contribution < -0.4 is 5.32 Å². The maximum atomic E-state index is 5.91. The third kappa shape index (κ3) is 3.33. The molecule has 0 spiro atoms. The molecule has 0 aliphatic rings. The fraction of sp³-hybridized carbons (Fsp3) is 0.0833. The topological polar surface area (TPSA) is 24.9 Å². The first-order valence-corrected chi connectivity index (χ1v) is 7.15. The third-order valence-corrected chi connectivity index (χ3v) is 4.20. The summed E-state index contributed by atoms with van der Waals surface area (Å²) in [5, 5.41) is 4.01. The first-order valence-electron chi connectivity index (χ1n) is 4.90. The van der Waals surface area contributed by atoms with Crippen molar-refractivity contribution in [2.45, 2.75) is 6.92 Å². The summed E-state index contributed by atoms with van der Waals surface area (Å²) >= 11 is 11.6. The fourth-order valence-corrected chi connectivity index (χ4v) is 2.56. The van der Waals surface area contributed by atoms with Gasteiger partial charge in [-0.3, -0.25) is 0 Å². The lowest BCUT2D eigenvalue weighted by atomic mass is 10.3. The molecular weight excluding hydrogens is 414 g/mol. The summed E-state index contributed by atoms with van der Waals surface area (Å²) in [6.45, 7) is 2.03. The standard InChI is InChI=1S/C12H9BrClIN2/c1-7-4-12(16-6-9(7)13)17-11-3-2-8(14)5-10(11)15/h2-6H,1H3,(H,16,17). The molecule has 2 nitrogen and oxygen atoms in total. The summed E-state index contributed by atoms with van der Waals surface area (Å²) in [4.78, 5) is 4.30. The zero-order chi connectivity index (χ0) is 12.4. The van der Waals surface area contributed by atoms with E-state index in [1.54, 1.807) is 6.20 Å². The molecule has 1 aromatic heterocycles. The molecule has 0 saturated carbocycles. The van der Waals surface area contributed by atoms with Gasteiger partial charge in [-0.25, -0.2) is 4.98 Å². The van der Waals surface area contributed by atoms with Crippen LogP contribution in [0.2, 0.25) is 5.02 Å². The first-order chi connectivity index (χ1) is 8.06. The van der Waals surface area contributed by atoms with Crippen molar-refractivity contribution < 1.29 is 0 Å². The highest BCUT2D eigenvalue weighted by atomic mass is 127. The minimum Gasteiger partial charge on any atom is -0.339 e. The summed E-state index contributed by atoms with van der Waals surface area (Å²) in [6.07, 6.45) is 1.79. The fourth-order valence-electron chi connectivity index (χ4n) is 1.34. The van der Waals surface area contributed by atoms with Crippen LogP contribution in [0.15, 0.2) is 34.9 Å². The zero-order valence-corrected chi connectivity index (χ0v) is 13.5. The van der Waals surface area contributed by atoms with E-state index in [9.17, 15) is 0 Å². The van der Waals surface area contributed by atoms with Gasteiger partial charge < -0.3 is 5.32 Å². The predicted molar refractivity (Wildman–Crippen MR) is 84.1 cm³/mol. The second kappa shape index (κ2) is 5.54. The highest BCUT2D eigenvalue weighted by molar-refractivity contribution is 14.1. The van der Waals surface area contributed by atoms with E-state index < -0.39 is 0 Å². The molecule has 1 N–H and O–H groups in total. The monoisotopic (exact) mass is 422 g/mol. The molecule has 1 heterocycles. The Morgan fingerprint density at radius 2 is 2.12 bits per heavy atom. The molecule has 0 aliphatic heterocycles. The van der Waals surface area contributed by atoms with Gasteiger partial charge in [0.25, 0.3) is 0 Å². The van der Waals surface area contributed by atoms with E-state index in [1.807, 2.05) is 31.2 Å². The van der Waals surface area contributed by atoms with Crippen molar-refractivity contribution in [3.8, 4) is 0 Å². The second-order valence-corrected chi connectivity index (χ2v) is 6.02. The molecule has 2 aromatic rings. The van der Waals surface area contributed by atoms with Gasteiger partial charge >= 0.3 is 0 Å². The summed E-state index contributed by atoms with van der Waals surface area (Å²) in [5.74, 6) is 0.825. The minimum absolute atomic E-state index is 0.736. The van der Waals surface area contributed by atoms with E-state index in [1.165, 1.54) is 0 Å². The lowest BCUT2D eigenvalue weighted by molar-refractivity contribution is 1.25. The van der Waals surface area contributed by atoms with Gasteiger partial charge in [0.2, 0.25) is 0 Å². The summed E-state index contributed by atoms with van der Waals surface area (Å²) < 4.78 is 2.08. The highest BCUT2D eigenvalue weighted by Gasteiger charge is 2.03. The Morgan fingerprint density at radius 1 is 1.35 bits per heavy atom. The Balaban J connectivity index is 2.28. The summed E-state index contributed by atoms with van der Waals surface area (Å²) in [5.41, 5.74) is 2.15. The number of pyridine rings is 1. The van der Waals surface area contributed by atoms with E-state index in [0.717, 1.165) is 30.1 Å². The number of rotatable bonds is 2. The first kappa shape index (κ1) is 13.1. The molecule has 5 heteroatoms. The van der Waals surface area contributed by atoms with Crippen LogP contribution in [0.25, 0.3) is 0 Å². The second-order valence-electron chi connectivity index (χ2n) is 3.57. The molecule has 0 fully saturated rings. The summed E-state index contributed by atoms with van der Waals surface area (Å²) in [6, 6.07) is 7.71. The van der Waals surface area contributed by atoms with E-state index >= 15 is 0 Å². The number of hydrogen-bond acceptors (Lipinski definition) is 2. The molecule has 1 aromatic carbocycles. The van der Waals surface area contributed by atoms with Crippen molar-refractivity contribution in [1.82, 2.24) is 4.98 Å². The van der Waals surface area contributed by atoms with Crippen LogP contribution in [0.4, 0.5) is 11.5 Å². The van der Waals surface area contributed by atoms with Gasteiger partial charge in [0.15, 0.2) is 0 Å². The number of aromatic nitrogens is 1. The van der Waals surface area contributed by atoms with E-state index in [4.69, 9.17) is 11.6 Å². The zero-order valence-electron chi connectivity index (χ0n) is 8.97. The molecule has 0 bridgehead atoms. The van der Waals surface area contributed by atoms with Crippen LogP contribution >= 0.6 is 50.1 Å². The van der Waals surface area contributed by atoms with Gasteiger partial charge in [0.05, 0.1) is 5.69 Å². The quantitative estimate of drug-likeness (QED) is 0.676. The van der Waals surface area contributed by atoms with Crippen LogP contribution in [0.1, 0.15) is 5.56 Å². The predicted octanol–water partition coefficient (Wildman–Crippen LogP) is 5.15. The molecule has 17 heavy (non-hydrogen) atoms. The number of anilines is 2. The SMILES string of the molecule is Cc1cc(Nc2ccc(Cl)cc2I)ncc1Br. The van der Waals surface area contributed by atoms with Gasteiger partial charge in [0, 0.05) is 19.3 Å². The number of aryl methyl sites for hydroxylation is 1. The van der Waals surface area contributed by atoms with Crippen molar-refractivity contribution in [3.63, 3.8) is 0 Å². The van der Waals surface area contributed by atoms with Crippen LogP contribution in [0.5, 0.6) is 0 Å². The molecule has 2 rings (SSSR count). The van der Waals surface area contributed by atoms with Crippen molar-refractivity contribution in [2.75, 3.05) is 5.32 Å². The van der Waals surface area contributed by atoms with Gasteiger partial charge in [-0.1, -0.05) is 11.6 Å². The normalized spacial score (nSPS) is 10.4. The van der Waals surface area contributed by atoms with Crippen molar-refractivity contribution >= 4 is 61.6 Å². The summed E-state index contributed by atoms with van der Waals surface area (Å²) in [7, 11) is 0. The number of nitrogens with one attached hydrogen (secondary N) is 1. The molecule has 88 valence electrons. The Bertz CT molecular complexity index is 560. The van der Waals surface area contributed by atoms with E-state index in [-0.39, 0.29) is 0 Å². The largest absolute Gasteiger partial charge is 0.339 e. The van der Waals surface area contributed by atoms with Gasteiger partial charge in [-0.15, -0.1) is 0 Å². The average Bonchev–Trinajstić information content (AvgIpc) is 2.27. The van der Waals surface area contributed by atoms with Crippen molar-refractivity contribution in [1.29, 1.82) is 0 Å². The van der Waals surface area contributed by atoms with Crippen LogP contribution in [-0.4, -0.2) is 4.98 Å². The molecule has 0 unspecified atom stereocenters. The molecule has 0 saturated heterocycles. The Morgan fingerprint density at radius 3 is 2.76 bits per heavy atom. The van der Waals surface area contributed by atoms with E-state index in [2.05, 4.69) is 48.8 Å².